The number of benzene rings is 1. The maximum absolute atomic E-state index is 10.4. The molecule has 0 bridgehead atoms. The van der Waals surface area contributed by atoms with E-state index in [4.69, 9.17) is 28.9 Å². The van der Waals surface area contributed by atoms with Crippen LogP contribution in [0.3, 0.4) is 0 Å². The summed E-state index contributed by atoms with van der Waals surface area (Å²) in [6, 6.07) is 5.03. The maximum atomic E-state index is 10.4. The van der Waals surface area contributed by atoms with E-state index in [-0.39, 0.29) is 18.4 Å². The van der Waals surface area contributed by atoms with E-state index < -0.39 is 5.72 Å². The van der Waals surface area contributed by atoms with Gasteiger partial charge in [-0.1, -0.05) is 23.2 Å². The summed E-state index contributed by atoms with van der Waals surface area (Å²) in [6.07, 6.45) is 1.50. The van der Waals surface area contributed by atoms with E-state index in [1.165, 1.54) is 0 Å². The summed E-state index contributed by atoms with van der Waals surface area (Å²) in [6.45, 7) is 2.38. The van der Waals surface area contributed by atoms with Crippen molar-refractivity contribution in [1.29, 1.82) is 0 Å². The third-order valence-electron chi connectivity index (χ3n) is 3.67. The molecule has 6 nitrogen and oxygen atoms in total. The summed E-state index contributed by atoms with van der Waals surface area (Å²) in [4.78, 5) is 14.4. The molecule has 23 heavy (non-hydrogen) atoms. The van der Waals surface area contributed by atoms with E-state index in [0.29, 0.717) is 40.3 Å². The predicted molar refractivity (Wildman–Crippen MR) is 94.1 cm³/mol. The Morgan fingerprint density at radius 1 is 1.26 bits per heavy atom. The molecule has 0 aliphatic carbocycles. The molecule has 0 spiro atoms. The standard InChI is InChI=1S/C14H15Cl2N5O.ClH/c1-14(22)5-2-6-21(14)13-19-11(18-12(17)20-13)9-7-8(15)3-4-10(9)16;/h3-4,7,22H,2,5-6H2,1H3,(H2,17,18,19,20);1H. The zero-order valence-electron chi connectivity index (χ0n) is 12.3. The SMILES string of the molecule is CC1(O)CCCN1c1nc(N)nc(-c2cc(Cl)ccc2Cl)n1.Cl. The molecule has 2 heterocycles. The fourth-order valence-electron chi connectivity index (χ4n) is 2.55. The van der Waals surface area contributed by atoms with Crippen molar-refractivity contribution < 1.29 is 5.11 Å². The van der Waals surface area contributed by atoms with Gasteiger partial charge in [0.15, 0.2) is 5.82 Å². The van der Waals surface area contributed by atoms with Crippen molar-refractivity contribution in [3.05, 3.63) is 28.2 Å². The van der Waals surface area contributed by atoms with Crippen molar-refractivity contribution in [3.63, 3.8) is 0 Å². The Bertz CT molecular complexity index is 726. The number of aromatic nitrogens is 3. The third-order valence-corrected chi connectivity index (χ3v) is 4.23. The largest absolute Gasteiger partial charge is 0.371 e. The number of nitrogens with zero attached hydrogens (tertiary/aromatic N) is 4. The van der Waals surface area contributed by atoms with Crippen LogP contribution in [0.5, 0.6) is 0 Å². The van der Waals surface area contributed by atoms with Gasteiger partial charge in [-0.05, 0) is 38.0 Å². The minimum Gasteiger partial charge on any atom is -0.371 e. The van der Waals surface area contributed by atoms with Gasteiger partial charge in [0.1, 0.15) is 5.72 Å². The first-order chi connectivity index (χ1) is 10.4. The van der Waals surface area contributed by atoms with E-state index in [2.05, 4.69) is 15.0 Å². The Hall–Kier alpha value is -1.34. The fraction of sp³-hybridized carbons (Fsp3) is 0.357. The highest BCUT2D eigenvalue weighted by Crippen LogP contribution is 2.33. The molecular formula is C14H16Cl3N5O. The second kappa shape index (κ2) is 6.65. The second-order valence-electron chi connectivity index (χ2n) is 5.41. The van der Waals surface area contributed by atoms with E-state index in [9.17, 15) is 5.11 Å². The van der Waals surface area contributed by atoms with E-state index in [1.807, 2.05) is 0 Å². The lowest BCUT2D eigenvalue weighted by atomic mass is 10.2. The van der Waals surface area contributed by atoms with E-state index in [0.717, 1.165) is 6.42 Å². The number of halogens is 3. The highest BCUT2D eigenvalue weighted by atomic mass is 35.5. The van der Waals surface area contributed by atoms with Crippen LogP contribution in [0, 0.1) is 0 Å². The molecule has 9 heteroatoms. The first-order valence-electron chi connectivity index (χ1n) is 6.84. The Morgan fingerprint density at radius 2 is 2.00 bits per heavy atom. The summed E-state index contributed by atoms with van der Waals surface area (Å²) in [5.74, 6) is 0.734. The maximum Gasteiger partial charge on any atom is 0.232 e. The number of anilines is 2. The Balaban J connectivity index is 0.00000192. The molecule has 0 radical (unpaired) electrons. The quantitative estimate of drug-likeness (QED) is 0.837. The molecule has 1 aliphatic rings. The number of nitrogens with two attached hydrogens (primary N) is 1. The van der Waals surface area contributed by atoms with Gasteiger partial charge in [0.2, 0.25) is 11.9 Å². The van der Waals surface area contributed by atoms with Crippen LogP contribution < -0.4 is 10.6 Å². The van der Waals surface area contributed by atoms with E-state index >= 15 is 0 Å². The van der Waals surface area contributed by atoms with Crippen LogP contribution in [0.1, 0.15) is 19.8 Å². The molecule has 1 atom stereocenters. The smallest absolute Gasteiger partial charge is 0.232 e. The number of hydrogen-bond donors (Lipinski definition) is 2. The van der Waals surface area contributed by atoms with Crippen LogP contribution in [0.25, 0.3) is 11.4 Å². The lowest BCUT2D eigenvalue weighted by Gasteiger charge is -2.30. The lowest BCUT2D eigenvalue weighted by Crippen LogP contribution is -2.42. The highest BCUT2D eigenvalue weighted by Gasteiger charge is 2.36. The van der Waals surface area contributed by atoms with Gasteiger partial charge in [0.05, 0.1) is 5.02 Å². The number of aliphatic hydroxyl groups is 1. The lowest BCUT2D eigenvalue weighted by molar-refractivity contribution is 0.0701. The predicted octanol–water partition coefficient (Wildman–Crippen LogP) is 3.16. The van der Waals surface area contributed by atoms with Crippen molar-refractivity contribution in [2.24, 2.45) is 0 Å². The zero-order valence-corrected chi connectivity index (χ0v) is 14.7. The molecule has 1 aromatic carbocycles. The molecular weight excluding hydrogens is 361 g/mol. The average molecular weight is 377 g/mol. The Kier molecular flexibility index (Phi) is 5.20. The first kappa shape index (κ1) is 18.0. The molecule has 1 aliphatic heterocycles. The molecule has 1 unspecified atom stereocenters. The fourth-order valence-corrected chi connectivity index (χ4v) is 2.93. The van der Waals surface area contributed by atoms with E-state index in [1.54, 1.807) is 30.0 Å². The average Bonchev–Trinajstić information content (AvgIpc) is 2.80. The van der Waals surface area contributed by atoms with Crippen molar-refractivity contribution in [1.82, 2.24) is 15.0 Å². The van der Waals surface area contributed by atoms with Crippen LogP contribution in [0.4, 0.5) is 11.9 Å². The monoisotopic (exact) mass is 375 g/mol. The molecule has 3 N–H and O–H groups in total. The molecule has 1 fully saturated rings. The van der Waals surface area contributed by atoms with Crippen molar-refractivity contribution in [3.8, 4) is 11.4 Å². The van der Waals surface area contributed by atoms with Crippen LogP contribution in [-0.4, -0.2) is 32.3 Å². The molecule has 124 valence electrons. The molecule has 1 aromatic heterocycles. The number of nitrogen functional groups attached to an aromatic ring is 1. The van der Waals surface area contributed by atoms with Crippen molar-refractivity contribution in [2.75, 3.05) is 17.2 Å². The Labute approximate surface area is 150 Å². The van der Waals surface area contributed by atoms with Gasteiger partial charge in [0.25, 0.3) is 0 Å². The number of rotatable bonds is 2. The van der Waals surface area contributed by atoms with Crippen molar-refractivity contribution in [2.45, 2.75) is 25.5 Å². The van der Waals surface area contributed by atoms with Gasteiger partial charge in [-0.3, -0.25) is 0 Å². The van der Waals surface area contributed by atoms with Crippen LogP contribution in [0.15, 0.2) is 18.2 Å². The third kappa shape index (κ3) is 3.61. The molecule has 2 aromatic rings. The van der Waals surface area contributed by atoms with Crippen LogP contribution >= 0.6 is 35.6 Å². The summed E-state index contributed by atoms with van der Waals surface area (Å²) in [7, 11) is 0. The van der Waals surface area contributed by atoms with Crippen LogP contribution in [0.2, 0.25) is 10.0 Å². The van der Waals surface area contributed by atoms with Crippen molar-refractivity contribution >= 4 is 47.5 Å². The normalized spacial score (nSPS) is 20.4. The van der Waals surface area contributed by atoms with Gasteiger partial charge >= 0.3 is 0 Å². The highest BCUT2D eigenvalue weighted by molar-refractivity contribution is 6.35. The summed E-state index contributed by atoms with van der Waals surface area (Å²) < 4.78 is 0. The first-order valence-corrected chi connectivity index (χ1v) is 7.59. The van der Waals surface area contributed by atoms with Gasteiger partial charge in [-0.2, -0.15) is 15.0 Å². The van der Waals surface area contributed by atoms with Gasteiger partial charge in [-0.15, -0.1) is 12.4 Å². The Morgan fingerprint density at radius 3 is 2.65 bits per heavy atom. The minimum atomic E-state index is -0.997. The number of hydrogen-bond acceptors (Lipinski definition) is 6. The zero-order chi connectivity index (χ0) is 15.9. The topological polar surface area (TPSA) is 88.2 Å². The molecule has 0 amide bonds. The van der Waals surface area contributed by atoms with Crippen LogP contribution in [-0.2, 0) is 0 Å². The summed E-state index contributed by atoms with van der Waals surface area (Å²) in [5, 5.41) is 11.4. The molecule has 3 rings (SSSR count). The van der Waals surface area contributed by atoms with Gasteiger partial charge < -0.3 is 15.7 Å². The summed E-state index contributed by atoms with van der Waals surface area (Å²) >= 11 is 12.2. The molecule has 0 saturated carbocycles. The summed E-state index contributed by atoms with van der Waals surface area (Å²) in [5.41, 5.74) is 5.37. The molecule has 1 saturated heterocycles. The van der Waals surface area contributed by atoms with Gasteiger partial charge in [-0.25, -0.2) is 0 Å². The minimum absolute atomic E-state index is 0. The second-order valence-corrected chi connectivity index (χ2v) is 6.26. The van der Waals surface area contributed by atoms with Gasteiger partial charge in [0, 0.05) is 17.1 Å².